The van der Waals surface area contributed by atoms with E-state index in [-0.39, 0.29) is 17.6 Å². The minimum Gasteiger partial charge on any atom is -0.348 e. The highest BCUT2D eigenvalue weighted by molar-refractivity contribution is 7.99. The number of para-hydroxylation sites is 1. The maximum Gasteiger partial charge on any atom is 0.253 e. The molecule has 178 valence electrons. The van der Waals surface area contributed by atoms with Crippen LogP contribution in [0.1, 0.15) is 32.6 Å². The lowest BCUT2D eigenvalue weighted by molar-refractivity contribution is -0.113. The van der Waals surface area contributed by atoms with Crippen LogP contribution < -0.4 is 10.6 Å². The van der Waals surface area contributed by atoms with Gasteiger partial charge < -0.3 is 10.6 Å². The van der Waals surface area contributed by atoms with Crippen LogP contribution in [-0.4, -0.2) is 37.8 Å². The summed E-state index contributed by atoms with van der Waals surface area (Å²) in [5.41, 5.74) is 6.08. The summed E-state index contributed by atoms with van der Waals surface area (Å²) >= 11 is 1.23. The Balaban J connectivity index is 1.39. The molecular formula is C26H26N6O2S. The number of nitrogens with zero attached hydrogens (tertiary/aromatic N) is 4. The number of tetrazole rings is 1. The highest BCUT2D eigenvalue weighted by Crippen LogP contribution is 2.23. The van der Waals surface area contributed by atoms with Crippen LogP contribution in [0.5, 0.6) is 0 Å². The molecule has 0 saturated carbocycles. The predicted molar refractivity (Wildman–Crippen MR) is 137 cm³/mol. The van der Waals surface area contributed by atoms with Crippen molar-refractivity contribution in [3.63, 3.8) is 0 Å². The molecule has 35 heavy (non-hydrogen) atoms. The maximum absolute atomic E-state index is 12.8. The molecule has 0 aliphatic rings. The fourth-order valence-corrected chi connectivity index (χ4v) is 4.16. The van der Waals surface area contributed by atoms with E-state index in [1.807, 2.05) is 63.2 Å². The third kappa shape index (κ3) is 5.93. The largest absolute Gasteiger partial charge is 0.348 e. The molecule has 0 spiro atoms. The van der Waals surface area contributed by atoms with Gasteiger partial charge in [0.05, 0.1) is 22.7 Å². The minimum absolute atomic E-state index is 0.0879. The molecule has 0 aliphatic heterocycles. The van der Waals surface area contributed by atoms with E-state index in [0.717, 1.165) is 27.9 Å². The number of nitrogens with one attached hydrogen (secondary N) is 2. The number of aryl methyl sites for hydroxylation is 2. The monoisotopic (exact) mass is 486 g/mol. The van der Waals surface area contributed by atoms with Crippen LogP contribution in [0.3, 0.4) is 0 Å². The Morgan fingerprint density at radius 3 is 2.51 bits per heavy atom. The van der Waals surface area contributed by atoms with Gasteiger partial charge in [0.2, 0.25) is 11.1 Å². The molecule has 0 bridgehead atoms. The molecule has 1 aromatic heterocycles. The van der Waals surface area contributed by atoms with Crippen LogP contribution in [-0.2, 0) is 11.3 Å². The molecule has 0 unspecified atom stereocenters. The molecule has 0 radical (unpaired) electrons. The van der Waals surface area contributed by atoms with Gasteiger partial charge in [0, 0.05) is 6.54 Å². The summed E-state index contributed by atoms with van der Waals surface area (Å²) in [5, 5.41) is 18.2. The van der Waals surface area contributed by atoms with Gasteiger partial charge >= 0.3 is 0 Å². The first-order valence-electron chi connectivity index (χ1n) is 11.1. The third-order valence-corrected chi connectivity index (χ3v) is 6.52. The van der Waals surface area contributed by atoms with Gasteiger partial charge in [-0.1, -0.05) is 65.9 Å². The standard InChI is InChI=1S/C26H26N6O2S/c1-17-11-13-20(14-12-17)15-27-25(34)21-8-4-5-9-22(21)28-24(33)16-35-26-29-30-31-32(26)23-10-6-7-18(2)19(23)3/h4-14H,15-16H2,1-3H3,(H,27,34)(H,28,33). The van der Waals surface area contributed by atoms with E-state index in [1.54, 1.807) is 28.9 Å². The molecule has 0 aliphatic carbocycles. The van der Waals surface area contributed by atoms with E-state index in [0.29, 0.717) is 23.0 Å². The molecule has 4 rings (SSSR count). The Hall–Kier alpha value is -3.98. The Morgan fingerprint density at radius 1 is 0.943 bits per heavy atom. The molecule has 2 amide bonds. The zero-order valence-corrected chi connectivity index (χ0v) is 20.6. The summed E-state index contributed by atoms with van der Waals surface area (Å²) in [6, 6.07) is 20.8. The summed E-state index contributed by atoms with van der Waals surface area (Å²) in [6.07, 6.45) is 0. The zero-order valence-electron chi connectivity index (χ0n) is 19.8. The SMILES string of the molecule is Cc1ccc(CNC(=O)c2ccccc2NC(=O)CSc2nnnn2-c2cccc(C)c2C)cc1. The van der Waals surface area contributed by atoms with Crippen molar-refractivity contribution >= 4 is 29.3 Å². The van der Waals surface area contributed by atoms with Crippen molar-refractivity contribution in [3.8, 4) is 5.69 Å². The van der Waals surface area contributed by atoms with E-state index in [2.05, 4.69) is 26.2 Å². The highest BCUT2D eigenvalue weighted by Gasteiger charge is 2.16. The van der Waals surface area contributed by atoms with Gasteiger partial charge in [0.25, 0.3) is 5.91 Å². The van der Waals surface area contributed by atoms with Gasteiger partial charge in [-0.2, -0.15) is 4.68 Å². The Labute approximate surface area is 208 Å². The van der Waals surface area contributed by atoms with E-state index in [1.165, 1.54) is 11.8 Å². The normalized spacial score (nSPS) is 10.7. The first-order chi connectivity index (χ1) is 16.9. The second-order valence-corrected chi connectivity index (χ2v) is 9.09. The van der Waals surface area contributed by atoms with Crippen LogP contribution in [0.15, 0.2) is 71.9 Å². The molecule has 8 nitrogen and oxygen atoms in total. The van der Waals surface area contributed by atoms with E-state index >= 15 is 0 Å². The van der Waals surface area contributed by atoms with Crippen molar-refractivity contribution in [1.29, 1.82) is 0 Å². The Morgan fingerprint density at radius 2 is 1.71 bits per heavy atom. The van der Waals surface area contributed by atoms with E-state index < -0.39 is 0 Å². The summed E-state index contributed by atoms with van der Waals surface area (Å²) in [7, 11) is 0. The van der Waals surface area contributed by atoms with E-state index in [9.17, 15) is 9.59 Å². The van der Waals surface area contributed by atoms with Crippen LogP contribution in [0.25, 0.3) is 5.69 Å². The fourth-order valence-electron chi connectivity index (χ4n) is 3.48. The molecular weight excluding hydrogens is 460 g/mol. The number of benzene rings is 3. The molecule has 9 heteroatoms. The average Bonchev–Trinajstić information content (AvgIpc) is 3.32. The number of hydrogen-bond acceptors (Lipinski definition) is 6. The topological polar surface area (TPSA) is 102 Å². The summed E-state index contributed by atoms with van der Waals surface area (Å²) in [5.74, 6) is -0.429. The summed E-state index contributed by atoms with van der Waals surface area (Å²) < 4.78 is 1.63. The third-order valence-electron chi connectivity index (χ3n) is 5.60. The maximum atomic E-state index is 12.8. The number of rotatable bonds is 8. The van der Waals surface area contributed by atoms with Gasteiger partial charge in [0.1, 0.15) is 0 Å². The number of hydrogen-bond donors (Lipinski definition) is 2. The van der Waals surface area contributed by atoms with Gasteiger partial charge in [-0.3, -0.25) is 9.59 Å². The second kappa shape index (κ2) is 11.0. The van der Waals surface area contributed by atoms with Crippen molar-refractivity contribution in [2.24, 2.45) is 0 Å². The van der Waals surface area contributed by atoms with Crippen molar-refractivity contribution in [1.82, 2.24) is 25.5 Å². The zero-order chi connectivity index (χ0) is 24.8. The number of carbonyl (C=O) groups excluding carboxylic acids is 2. The number of anilines is 1. The first kappa shape index (κ1) is 24.2. The predicted octanol–water partition coefficient (Wildman–Crippen LogP) is 4.25. The van der Waals surface area contributed by atoms with Gasteiger partial charge in [-0.25, -0.2) is 0 Å². The first-order valence-corrected chi connectivity index (χ1v) is 12.1. The van der Waals surface area contributed by atoms with Crippen molar-refractivity contribution in [3.05, 3.63) is 94.5 Å². The molecule has 3 aromatic carbocycles. The van der Waals surface area contributed by atoms with Crippen LogP contribution >= 0.6 is 11.8 Å². The lowest BCUT2D eigenvalue weighted by atomic mass is 10.1. The number of amides is 2. The lowest BCUT2D eigenvalue weighted by Crippen LogP contribution is -2.25. The summed E-state index contributed by atoms with van der Waals surface area (Å²) in [4.78, 5) is 25.5. The molecule has 2 N–H and O–H groups in total. The fraction of sp³-hybridized carbons (Fsp3) is 0.192. The highest BCUT2D eigenvalue weighted by atomic mass is 32.2. The van der Waals surface area contributed by atoms with Crippen LogP contribution in [0, 0.1) is 20.8 Å². The smallest absolute Gasteiger partial charge is 0.253 e. The van der Waals surface area contributed by atoms with E-state index in [4.69, 9.17) is 0 Å². The average molecular weight is 487 g/mol. The van der Waals surface area contributed by atoms with Crippen LogP contribution in [0.4, 0.5) is 5.69 Å². The number of thioether (sulfide) groups is 1. The quantitative estimate of drug-likeness (QED) is 0.361. The molecule has 1 heterocycles. The van der Waals surface area contributed by atoms with Crippen molar-refractivity contribution in [2.45, 2.75) is 32.5 Å². The molecule has 0 saturated heterocycles. The Bertz CT molecular complexity index is 1350. The number of carbonyl (C=O) groups is 2. The van der Waals surface area contributed by atoms with Gasteiger partial charge in [0.15, 0.2) is 0 Å². The van der Waals surface area contributed by atoms with Crippen molar-refractivity contribution in [2.75, 3.05) is 11.1 Å². The van der Waals surface area contributed by atoms with Crippen molar-refractivity contribution < 1.29 is 9.59 Å². The van der Waals surface area contributed by atoms with Gasteiger partial charge in [-0.15, -0.1) is 5.10 Å². The van der Waals surface area contributed by atoms with Crippen LogP contribution in [0.2, 0.25) is 0 Å². The number of aromatic nitrogens is 4. The molecule has 0 fully saturated rings. The Kier molecular flexibility index (Phi) is 7.57. The molecule has 4 aromatic rings. The second-order valence-electron chi connectivity index (χ2n) is 8.14. The molecule has 0 atom stereocenters. The summed E-state index contributed by atoms with van der Waals surface area (Å²) in [6.45, 7) is 6.45. The van der Waals surface area contributed by atoms with Gasteiger partial charge in [-0.05, 0) is 66.1 Å². The lowest BCUT2D eigenvalue weighted by Gasteiger charge is -2.12. The minimum atomic E-state index is -0.260.